The molecule has 46 heavy (non-hydrogen) atoms. The number of aliphatic hydroxyl groups is 1. The van der Waals surface area contributed by atoms with Crippen LogP contribution in [-0.2, 0) is 19.1 Å². The molecule has 3 heterocycles. The molecular formula is C38H43N3O5. The van der Waals surface area contributed by atoms with Gasteiger partial charge in [-0.15, -0.1) is 13.2 Å². The molecule has 1 N–H and O–H groups in total. The molecule has 0 aromatic heterocycles. The van der Waals surface area contributed by atoms with Crippen LogP contribution in [0, 0.1) is 11.8 Å². The summed E-state index contributed by atoms with van der Waals surface area (Å²) < 4.78 is 7.04. The number of hydrogen-bond acceptors (Lipinski definition) is 5. The number of fused-ring (bicyclic) bond motifs is 2. The fourth-order valence-electron chi connectivity index (χ4n) is 8.29. The lowest BCUT2D eigenvalue weighted by molar-refractivity contribution is -0.149. The van der Waals surface area contributed by atoms with Crippen molar-refractivity contribution in [2.75, 3.05) is 29.5 Å². The Labute approximate surface area is 270 Å². The van der Waals surface area contributed by atoms with Crippen LogP contribution in [-0.4, -0.2) is 70.7 Å². The number of rotatable bonds is 12. The largest absolute Gasteiger partial charge is 0.394 e. The highest BCUT2D eigenvalue weighted by Crippen LogP contribution is 2.65. The van der Waals surface area contributed by atoms with Crippen LogP contribution in [0.15, 0.2) is 98.1 Å². The van der Waals surface area contributed by atoms with Gasteiger partial charge in [0.15, 0.2) is 0 Å². The molecule has 3 saturated heterocycles. The van der Waals surface area contributed by atoms with Gasteiger partial charge in [0.25, 0.3) is 5.91 Å². The lowest BCUT2D eigenvalue weighted by Crippen LogP contribution is -2.59. The van der Waals surface area contributed by atoms with E-state index in [9.17, 15) is 14.7 Å². The summed E-state index contributed by atoms with van der Waals surface area (Å²) in [6, 6.07) is 21.5. The third-order valence-electron chi connectivity index (χ3n) is 10.5. The van der Waals surface area contributed by atoms with Crippen LogP contribution in [0.1, 0.15) is 39.5 Å². The lowest BCUT2D eigenvalue weighted by Gasteiger charge is -2.39. The Morgan fingerprint density at radius 2 is 1.59 bits per heavy atom. The summed E-state index contributed by atoms with van der Waals surface area (Å²) >= 11 is 0. The number of benzene rings is 3. The lowest BCUT2D eigenvalue weighted by atomic mass is 9.64. The molecule has 0 saturated carbocycles. The quantitative estimate of drug-likeness (QED) is 0.270. The van der Waals surface area contributed by atoms with E-state index >= 15 is 4.79 Å². The molecule has 8 nitrogen and oxygen atoms in total. The zero-order chi connectivity index (χ0) is 32.6. The fourth-order valence-corrected chi connectivity index (χ4v) is 8.29. The van der Waals surface area contributed by atoms with Gasteiger partial charge in [-0.2, -0.15) is 0 Å². The van der Waals surface area contributed by atoms with Crippen molar-refractivity contribution in [2.24, 2.45) is 11.8 Å². The summed E-state index contributed by atoms with van der Waals surface area (Å²) in [5.74, 6) is -2.50. The summed E-state index contributed by atoms with van der Waals surface area (Å²) in [5, 5.41) is 12.6. The number of hydrogen-bond donors (Lipinski definition) is 1. The van der Waals surface area contributed by atoms with Gasteiger partial charge in [-0.3, -0.25) is 14.4 Å². The van der Waals surface area contributed by atoms with Gasteiger partial charge in [0.1, 0.15) is 11.6 Å². The Bertz CT molecular complexity index is 1650. The van der Waals surface area contributed by atoms with Crippen LogP contribution in [0.25, 0.3) is 10.8 Å². The third kappa shape index (κ3) is 4.77. The third-order valence-corrected chi connectivity index (χ3v) is 10.5. The molecule has 2 unspecified atom stereocenters. The second kappa shape index (κ2) is 12.5. The van der Waals surface area contributed by atoms with Crippen molar-refractivity contribution in [1.82, 2.24) is 4.90 Å². The molecule has 240 valence electrons. The van der Waals surface area contributed by atoms with Crippen LogP contribution >= 0.6 is 0 Å². The second-order valence-corrected chi connectivity index (χ2v) is 12.7. The number of anilines is 2. The number of amides is 3. The molecule has 1 spiro atoms. The van der Waals surface area contributed by atoms with Crippen molar-refractivity contribution in [2.45, 2.75) is 62.8 Å². The molecule has 3 aliphatic rings. The van der Waals surface area contributed by atoms with Crippen LogP contribution < -0.4 is 9.80 Å². The number of carbonyl (C=O) groups is 3. The number of aliphatic hydroxyl groups excluding tert-OH is 1. The molecule has 6 rings (SSSR count). The molecule has 8 heteroatoms. The first-order chi connectivity index (χ1) is 22.3. The summed E-state index contributed by atoms with van der Waals surface area (Å²) in [6.07, 6.45) is 5.32. The zero-order valence-electron chi connectivity index (χ0n) is 26.7. The SMILES string of the molecule is C=CCN(C(=O)C1N([C@@H](CC)CO)C(=O)[C@@H]2[C@@H](C(=O)N(CC=C)c3ccccc3)[C@@]3(CC)CCC12O3)c1ccc2ccccc2c1. The van der Waals surface area contributed by atoms with E-state index in [1.807, 2.05) is 86.6 Å². The van der Waals surface area contributed by atoms with Crippen LogP contribution in [0.3, 0.4) is 0 Å². The number of carbonyl (C=O) groups excluding carboxylic acids is 3. The molecule has 3 aromatic carbocycles. The number of ether oxygens (including phenoxy) is 1. The van der Waals surface area contributed by atoms with E-state index in [0.717, 1.165) is 10.8 Å². The van der Waals surface area contributed by atoms with E-state index in [1.165, 1.54) is 0 Å². The standard InChI is InChI=1S/C38H43N3O5/c1-5-22-39(29-16-10-9-11-17-29)34(43)31-32-35(44)41(28(7-3)25-42)33(38(32)21-20-37(31,8-4)46-38)36(45)40(23-6-2)30-19-18-26-14-12-13-15-27(26)24-30/h5-6,9-19,24,28,31-33,42H,1-2,7-8,20-23,25H2,3-4H3/t28-,31-,32-,33?,37+,38?/m0/s1. The minimum Gasteiger partial charge on any atom is -0.394 e. The molecule has 0 aliphatic carbocycles. The first-order valence-corrected chi connectivity index (χ1v) is 16.3. The Kier molecular flexibility index (Phi) is 8.61. The summed E-state index contributed by atoms with van der Waals surface area (Å²) in [7, 11) is 0. The normalized spacial score (nSPS) is 27.0. The van der Waals surface area contributed by atoms with Gasteiger partial charge in [0.2, 0.25) is 11.8 Å². The highest BCUT2D eigenvalue weighted by atomic mass is 16.5. The van der Waals surface area contributed by atoms with Gasteiger partial charge in [0.05, 0.1) is 30.1 Å². The van der Waals surface area contributed by atoms with Crippen LogP contribution in [0.5, 0.6) is 0 Å². The Hall–Kier alpha value is -4.27. The number of para-hydroxylation sites is 1. The number of likely N-dealkylation sites (tertiary alicyclic amines) is 1. The molecule has 3 aliphatic heterocycles. The summed E-state index contributed by atoms with van der Waals surface area (Å²) in [4.78, 5) is 49.4. The van der Waals surface area contributed by atoms with E-state index in [1.54, 1.807) is 26.9 Å². The maximum absolute atomic E-state index is 15.0. The maximum atomic E-state index is 15.0. The van der Waals surface area contributed by atoms with Gasteiger partial charge >= 0.3 is 0 Å². The average molecular weight is 622 g/mol. The van der Waals surface area contributed by atoms with Crippen molar-refractivity contribution in [3.8, 4) is 0 Å². The molecule has 0 radical (unpaired) electrons. The summed E-state index contributed by atoms with van der Waals surface area (Å²) in [6.45, 7) is 11.9. The fraction of sp³-hybridized carbons (Fsp3) is 0.395. The molecule has 6 atom stereocenters. The topological polar surface area (TPSA) is 90.4 Å². The van der Waals surface area contributed by atoms with Crippen molar-refractivity contribution in [3.63, 3.8) is 0 Å². The first kappa shape index (κ1) is 31.7. The highest BCUT2D eigenvalue weighted by molar-refractivity contribution is 6.07. The zero-order valence-corrected chi connectivity index (χ0v) is 26.7. The molecule has 3 fully saturated rings. The predicted octanol–water partition coefficient (Wildman–Crippen LogP) is 5.50. The molecule has 2 bridgehead atoms. The summed E-state index contributed by atoms with van der Waals surface area (Å²) in [5.41, 5.74) is -0.733. The van der Waals surface area contributed by atoms with E-state index < -0.39 is 35.1 Å². The maximum Gasteiger partial charge on any atom is 0.253 e. The Morgan fingerprint density at radius 1 is 0.935 bits per heavy atom. The van der Waals surface area contributed by atoms with Crippen LogP contribution in [0.4, 0.5) is 11.4 Å². The van der Waals surface area contributed by atoms with E-state index in [4.69, 9.17) is 4.74 Å². The number of nitrogens with zero attached hydrogens (tertiary/aromatic N) is 3. The average Bonchev–Trinajstić information content (AvgIpc) is 3.70. The molecular weight excluding hydrogens is 578 g/mol. The monoisotopic (exact) mass is 621 g/mol. The van der Waals surface area contributed by atoms with Gasteiger partial charge in [-0.05, 0) is 60.7 Å². The first-order valence-electron chi connectivity index (χ1n) is 16.3. The van der Waals surface area contributed by atoms with Gasteiger partial charge < -0.3 is 24.5 Å². The van der Waals surface area contributed by atoms with Crippen LogP contribution in [0.2, 0.25) is 0 Å². The molecule has 3 amide bonds. The van der Waals surface area contributed by atoms with Gasteiger partial charge in [-0.1, -0.05) is 74.5 Å². The van der Waals surface area contributed by atoms with Gasteiger partial charge in [-0.25, -0.2) is 0 Å². The van der Waals surface area contributed by atoms with Crippen molar-refractivity contribution >= 4 is 39.9 Å². The smallest absolute Gasteiger partial charge is 0.253 e. The highest BCUT2D eigenvalue weighted by Gasteiger charge is 2.79. The molecule has 3 aromatic rings. The van der Waals surface area contributed by atoms with E-state index in [0.29, 0.717) is 37.1 Å². The minimum absolute atomic E-state index is 0.213. The van der Waals surface area contributed by atoms with Crippen molar-refractivity contribution < 1.29 is 24.2 Å². The van der Waals surface area contributed by atoms with Crippen molar-refractivity contribution in [1.29, 1.82) is 0 Å². The Morgan fingerprint density at radius 3 is 2.22 bits per heavy atom. The predicted molar refractivity (Wildman–Crippen MR) is 180 cm³/mol. The Balaban J connectivity index is 1.48. The van der Waals surface area contributed by atoms with Gasteiger partial charge in [0, 0.05) is 24.5 Å². The van der Waals surface area contributed by atoms with E-state index in [2.05, 4.69) is 13.2 Å². The van der Waals surface area contributed by atoms with E-state index in [-0.39, 0.29) is 37.4 Å². The van der Waals surface area contributed by atoms with Crippen molar-refractivity contribution in [3.05, 3.63) is 98.1 Å². The minimum atomic E-state index is -1.22. The second-order valence-electron chi connectivity index (χ2n) is 12.7.